The average Bonchev–Trinajstić information content (AvgIpc) is 2.73. The van der Waals surface area contributed by atoms with Gasteiger partial charge >= 0.3 is 0 Å². The van der Waals surface area contributed by atoms with E-state index < -0.39 is 0 Å². The first-order valence-corrected chi connectivity index (χ1v) is 6.79. The summed E-state index contributed by atoms with van der Waals surface area (Å²) in [5.41, 5.74) is 1.27. The fourth-order valence-corrected chi connectivity index (χ4v) is 2.87. The van der Waals surface area contributed by atoms with Crippen molar-refractivity contribution < 1.29 is 0 Å². The third kappa shape index (κ3) is 3.14. The smallest absolute Gasteiger partial charge is 0.0305 e. The van der Waals surface area contributed by atoms with Gasteiger partial charge in [-0.25, -0.2) is 0 Å². The van der Waals surface area contributed by atoms with Crippen LogP contribution in [0.3, 0.4) is 0 Å². The van der Waals surface area contributed by atoms with Gasteiger partial charge in [0.15, 0.2) is 0 Å². The molecule has 2 aromatic heterocycles. The van der Waals surface area contributed by atoms with Crippen LogP contribution in [0.4, 0.5) is 0 Å². The minimum atomic E-state index is 0.351. The van der Waals surface area contributed by atoms with E-state index in [0.717, 1.165) is 11.0 Å². The highest BCUT2D eigenvalue weighted by Gasteiger charge is 2.04. The largest absolute Gasteiger partial charge is 0.305 e. The van der Waals surface area contributed by atoms with Crippen molar-refractivity contribution in [1.82, 2.24) is 10.3 Å². The molecule has 0 radical (unpaired) electrons. The van der Waals surface area contributed by atoms with Gasteiger partial charge < -0.3 is 5.32 Å². The molecule has 0 saturated carbocycles. The molecule has 2 rings (SSSR count). The van der Waals surface area contributed by atoms with Gasteiger partial charge in [-0.2, -0.15) is 0 Å². The van der Waals surface area contributed by atoms with E-state index in [1.54, 1.807) is 11.3 Å². The van der Waals surface area contributed by atoms with E-state index in [-0.39, 0.29) is 0 Å². The lowest BCUT2D eigenvalue weighted by Gasteiger charge is -2.12. The van der Waals surface area contributed by atoms with Crippen LogP contribution in [0, 0.1) is 0 Å². The van der Waals surface area contributed by atoms with Gasteiger partial charge in [0, 0.05) is 39.7 Å². The summed E-state index contributed by atoms with van der Waals surface area (Å²) in [4.78, 5) is 5.36. The van der Waals surface area contributed by atoms with Crippen LogP contribution < -0.4 is 5.32 Å². The predicted molar refractivity (Wildman–Crippen MR) is 71.5 cm³/mol. The zero-order valence-corrected chi connectivity index (χ0v) is 11.4. The Hall–Kier alpha value is -0.710. The maximum absolute atomic E-state index is 4.02. The van der Waals surface area contributed by atoms with Gasteiger partial charge in [0.1, 0.15) is 0 Å². The summed E-state index contributed by atoms with van der Waals surface area (Å²) >= 11 is 5.22. The molecule has 2 nitrogen and oxygen atoms in total. The topological polar surface area (TPSA) is 24.9 Å². The number of aromatic nitrogens is 1. The summed E-state index contributed by atoms with van der Waals surface area (Å²) in [6, 6.07) is 6.59. The quantitative estimate of drug-likeness (QED) is 0.929. The second-order valence-electron chi connectivity index (χ2n) is 3.61. The highest BCUT2D eigenvalue weighted by Crippen LogP contribution is 2.20. The third-order valence-electron chi connectivity index (χ3n) is 2.41. The first kappa shape index (κ1) is 11.8. The van der Waals surface area contributed by atoms with Crippen LogP contribution in [0.15, 0.2) is 40.4 Å². The van der Waals surface area contributed by atoms with Gasteiger partial charge in [-0.3, -0.25) is 4.98 Å². The van der Waals surface area contributed by atoms with Crippen LogP contribution in [-0.2, 0) is 6.54 Å². The maximum atomic E-state index is 4.02. The van der Waals surface area contributed by atoms with Crippen molar-refractivity contribution in [3.63, 3.8) is 0 Å². The molecule has 1 N–H and O–H groups in total. The lowest BCUT2D eigenvalue weighted by Crippen LogP contribution is -2.17. The molecule has 0 unspecified atom stereocenters. The minimum Gasteiger partial charge on any atom is -0.305 e. The van der Waals surface area contributed by atoms with E-state index in [1.165, 1.54) is 10.4 Å². The van der Waals surface area contributed by atoms with E-state index in [0.29, 0.717) is 6.04 Å². The predicted octanol–water partition coefficient (Wildman–Crippen LogP) is 3.76. The molecule has 0 amide bonds. The average molecular weight is 297 g/mol. The molecule has 0 saturated heterocycles. The molecule has 16 heavy (non-hydrogen) atoms. The SMILES string of the molecule is C[C@H](NCc1cc(Br)cs1)c1ccncc1. The molecule has 2 heterocycles. The standard InChI is InChI=1S/C12H13BrN2S/c1-9(10-2-4-14-5-3-10)15-7-12-6-11(13)8-16-12/h2-6,8-9,15H,7H2,1H3/t9-/m0/s1. The molecule has 84 valence electrons. The van der Waals surface area contributed by atoms with Crippen LogP contribution in [0.5, 0.6) is 0 Å². The van der Waals surface area contributed by atoms with Crippen LogP contribution in [-0.4, -0.2) is 4.98 Å². The van der Waals surface area contributed by atoms with Crippen LogP contribution >= 0.6 is 27.3 Å². The van der Waals surface area contributed by atoms with E-state index in [2.05, 4.69) is 44.6 Å². The van der Waals surface area contributed by atoms with E-state index >= 15 is 0 Å². The number of nitrogens with zero attached hydrogens (tertiary/aromatic N) is 1. The van der Waals surface area contributed by atoms with E-state index in [9.17, 15) is 0 Å². The number of halogens is 1. The Kier molecular flexibility index (Phi) is 4.09. The molecule has 0 spiro atoms. The molecule has 0 aliphatic carbocycles. The summed E-state index contributed by atoms with van der Waals surface area (Å²) in [6.45, 7) is 3.07. The molecule has 0 aromatic carbocycles. The zero-order chi connectivity index (χ0) is 11.4. The highest BCUT2D eigenvalue weighted by atomic mass is 79.9. The lowest BCUT2D eigenvalue weighted by atomic mass is 10.1. The summed E-state index contributed by atoms with van der Waals surface area (Å²) in [6.07, 6.45) is 3.66. The van der Waals surface area contributed by atoms with E-state index in [1.807, 2.05) is 24.5 Å². The van der Waals surface area contributed by atoms with Crippen molar-refractivity contribution in [1.29, 1.82) is 0 Å². The Balaban J connectivity index is 1.91. The van der Waals surface area contributed by atoms with Gasteiger partial charge in [-0.05, 0) is 46.6 Å². The fourth-order valence-electron chi connectivity index (χ4n) is 1.47. The molecule has 0 aliphatic heterocycles. The zero-order valence-electron chi connectivity index (χ0n) is 8.98. The number of thiophene rings is 1. The number of rotatable bonds is 4. The molecular formula is C12H13BrN2S. The van der Waals surface area contributed by atoms with Crippen LogP contribution in [0.2, 0.25) is 0 Å². The van der Waals surface area contributed by atoms with Crippen LogP contribution in [0.1, 0.15) is 23.4 Å². The lowest BCUT2D eigenvalue weighted by molar-refractivity contribution is 0.578. The Morgan fingerprint density at radius 3 is 2.81 bits per heavy atom. The second-order valence-corrected chi connectivity index (χ2v) is 5.53. The summed E-state index contributed by atoms with van der Waals surface area (Å²) in [5.74, 6) is 0. The molecule has 4 heteroatoms. The fraction of sp³-hybridized carbons (Fsp3) is 0.250. The van der Waals surface area contributed by atoms with Gasteiger partial charge in [0.05, 0.1) is 0 Å². The van der Waals surface area contributed by atoms with Crippen molar-refractivity contribution in [2.24, 2.45) is 0 Å². The normalized spacial score (nSPS) is 12.6. The van der Waals surface area contributed by atoms with Crippen molar-refractivity contribution in [2.75, 3.05) is 0 Å². The van der Waals surface area contributed by atoms with Gasteiger partial charge in [-0.15, -0.1) is 11.3 Å². The summed E-state index contributed by atoms with van der Waals surface area (Å²) in [5, 5.41) is 5.60. The molecule has 2 aromatic rings. The minimum absolute atomic E-state index is 0.351. The summed E-state index contributed by atoms with van der Waals surface area (Å²) in [7, 11) is 0. The first-order valence-electron chi connectivity index (χ1n) is 5.12. The van der Waals surface area contributed by atoms with Crippen molar-refractivity contribution in [3.05, 3.63) is 50.9 Å². The summed E-state index contributed by atoms with van der Waals surface area (Å²) < 4.78 is 1.16. The molecule has 1 atom stereocenters. The Morgan fingerprint density at radius 1 is 1.44 bits per heavy atom. The van der Waals surface area contributed by atoms with E-state index in [4.69, 9.17) is 0 Å². The molecule has 0 fully saturated rings. The third-order valence-corrected chi connectivity index (χ3v) is 4.11. The maximum Gasteiger partial charge on any atom is 0.0305 e. The van der Waals surface area contributed by atoms with Crippen molar-refractivity contribution in [3.8, 4) is 0 Å². The monoisotopic (exact) mass is 296 g/mol. The van der Waals surface area contributed by atoms with Crippen molar-refractivity contribution in [2.45, 2.75) is 19.5 Å². The number of hydrogen-bond donors (Lipinski definition) is 1. The highest BCUT2D eigenvalue weighted by molar-refractivity contribution is 9.10. The number of nitrogens with one attached hydrogen (secondary N) is 1. The Bertz CT molecular complexity index is 441. The van der Waals surface area contributed by atoms with Gasteiger partial charge in [-0.1, -0.05) is 0 Å². The number of pyridine rings is 1. The Morgan fingerprint density at radius 2 is 2.19 bits per heavy atom. The molecule has 0 bridgehead atoms. The van der Waals surface area contributed by atoms with Crippen molar-refractivity contribution >= 4 is 27.3 Å². The number of hydrogen-bond acceptors (Lipinski definition) is 3. The van der Waals surface area contributed by atoms with Gasteiger partial charge in [0.2, 0.25) is 0 Å². The van der Waals surface area contributed by atoms with Gasteiger partial charge in [0.25, 0.3) is 0 Å². The molecule has 0 aliphatic rings. The second kappa shape index (κ2) is 5.57. The molecular weight excluding hydrogens is 284 g/mol. The van der Waals surface area contributed by atoms with Crippen LogP contribution in [0.25, 0.3) is 0 Å². The first-order chi connectivity index (χ1) is 7.75. The Labute approximate surface area is 108 Å².